The Hall–Kier alpha value is -0.660. The Balaban J connectivity index is 2.65. The van der Waals surface area contributed by atoms with Crippen LogP contribution in [0.5, 0.6) is 0 Å². The minimum absolute atomic E-state index is 0.0180. The predicted molar refractivity (Wildman–Crippen MR) is 59.2 cm³/mol. The van der Waals surface area contributed by atoms with Gasteiger partial charge in [-0.1, -0.05) is 0 Å². The molecule has 2 N–H and O–H groups in total. The average molecular weight is 250 g/mol. The fraction of sp³-hybridized carbons (Fsp3) is 0.889. The molecule has 0 saturated heterocycles. The van der Waals surface area contributed by atoms with Crippen LogP contribution in [0.25, 0.3) is 0 Å². The molecule has 0 spiro atoms. The number of carboxylic acid groups (broad SMARTS) is 1. The third kappa shape index (κ3) is 4.07. The molecule has 0 heterocycles. The second-order valence-electron chi connectivity index (χ2n) is 4.26. The Labute approximate surface area is 95.8 Å². The molecule has 6 nitrogen and oxygen atoms in total. The number of carbonyl (C=O) groups is 1. The molecule has 0 amide bonds. The number of nitrogens with one attached hydrogen (secondary N) is 1. The van der Waals surface area contributed by atoms with Crippen LogP contribution in [0.15, 0.2) is 0 Å². The maximum absolute atomic E-state index is 11.9. The van der Waals surface area contributed by atoms with Gasteiger partial charge in [0.2, 0.25) is 0 Å². The first-order chi connectivity index (χ1) is 7.33. The van der Waals surface area contributed by atoms with E-state index in [1.807, 2.05) is 0 Å². The van der Waals surface area contributed by atoms with Gasteiger partial charge < -0.3 is 5.11 Å². The predicted octanol–water partition coefficient (Wildman–Crippen LogP) is 0.168. The summed E-state index contributed by atoms with van der Waals surface area (Å²) in [6.45, 7) is 3.52. The molecule has 1 fully saturated rings. The summed E-state index contributed by atoms with van der Waals surface area (Å²) >= 11 is 0. The van der Waals surface area contributed by atoms with Gasteiger partial charge in [-0.2, -0.15) is 17.4 Å². The standard InChI is InChI=1S/C9H18N2O4S/c1-7(2)10-16(14,15)11(8-3-4-8)6-5-9(12)13/h7-8,10H,3-6H2,1-2H3,(H,12,13). The van der Waals surface area contributed by atoms with Gasteiger partial charge in [-0.3, -0.25) is 4.79 Å². The SMILES string of the molecule is CC(C)NS(=O)(=O)N(CCC(=O)O)C1CC1. The molecule has 0 aromatic rings. The molecule has 1 aliphatic carbocycles. The third-order valence-electron chi connectivity index (χ3n) is 2.19. The molecule has 0 unspecified atom stereocenters. The molecule has 94 valence electrons. The molecule has 16 heavy (non-hydrogen) atoms. The van der Waals surface area contributed by atoms with E-state index in [1.165, 1.54) is 4.31 Å². The van der Waals surface area contributed by atoms with Gasteiger partial charge >= 0.3 is 5.97 Å². The molecule has 0 aromatic carbocycles. The van der Waals surface area contributed by atoms with E-state index in [9.17, 15) is 13.2 Å². The smallest absolute Gasteiger partial charge is 0.304 e. The van der Waals surface area contributed by atoms with E-state index in [1.54, 1.807) is 13.8 Å². The van der Waals surface area contributed by atoms with E-state index in [4.69, 9.17) is 5.11 Å². The third-order valence-corrected chi connectivity index (χ3v) is 4.06. The Morgan fingerprint density at radius 1 is 1.50 bits per heavy atom. The molecular formula is C9H18N2O4S. The quantitative estimate of drug-likeness (QED) is 0.674. The van der Waals surface area contributed by atoms with Crippen molar-refractivity contribution < 1.29 is 18.3 Å². The van der Waals surface area contributed by atoms with Crippen molar-refractivity contribution in [2.24, 2.45) is 0 Å². The lowest BCUT2D eigenvalue weighted by Crippen LogP contribution is -2.45. The summed E-state index contributed by atoms with van der Waals surface area (Å²) < 4.78 is 27.4. The Morgan fingerprint density at radius 3 is 2.44 bits per heavy atom. The van der Waals surface area contributed by atoms with Crippen molar-refractivity contribution in [3.05, 3.63) is 0 Å². The van der Waals surface area contributed by atoms with E-state index in [2.05, 4.69) is 4.72 Å². The van der Waals surface area contributed by atoms with Crippen LogP contribution in [0.3, 0.4) is 0 Å². The molecule has 0 bridgehead atoms. The van der Waals surface area contributed by atoms with E-state index in [0.29, 0.717) is 0 Å². The molecule has 1 rings (SSSR count). The second kappa shape index (κ2) is 5.11. The van der Waals surface area contributed by atoms with Crippen LogP contribution in [0, 0.1) is 0 Å². The summed E-state index contributed by atoms with van der Waals surface area (Å²) in [6.07, 6.45) is 1.48. The van der Waals surface area contributed by atoms with Crippen LogP contribution in [-0.2, 0) is 15.0 Å². The first-order valence-electron chi connectivity index (χ1n) is 5.34. The maximum atomic E-state index is 11.9. The molecule has 0 aromatic heterocycles. The van der Waals surface area contributed by atoms with Gasteiger partial charge in [0.1, 0.15) is 0 Å². The number of rotatable bonds is 7. The van der Waals surface area contributed by atoms with E-state index >= 15 is 0 Å². The van der Waals surface area contributed by atoms with Gasteiger partial charge in [-0.25, -0.2) is 0 Å². The van der Waals surface area contributed by atoms with E-state index in [-0.39, 0.29) is 25.0 Å². The van der Waals surface area contributed by atoms with Gasteiger partial charge in [0.25, 0.3) is 10.2 Å². The Kier molecular flexibility index (Phi) is 4.28. The monoisotopic (exact) mass is 250 g/mol. The van der Waals surface area contributed by atoms with Crippen LogP contribution in [0.2, 0.25) is 0 Å². The highest BCUT2D eigenvalue weighted by Gasteiger charge is 2.37. The first kappa shape index (κ1) is 13.4. The van der Waals surface area contributed by atoms with Crippen LogP contribution >= 0.6 is 0 Å². The number of aliphatic carboxylic acids is 1. The maximum Gasteiger partial charge on any atom is 0.304 e. The summed E-state index contributed by atoms with van der Waals surface area (Å²) in [5, 5.41) is 8.57. The van der Waals surface area contributed by atoms with E-state index in [0.717, 1.165) is 12.8 Å². The van der Waals surface area contributed by atoms with Crippen molar-refractivity contribution >= 4 is 16.2 Å². The topological polar surface area (TPSA) is 86.7 Å². The Bertz CT molecular complexity index is 349. The molecule has 1 saturated carbocycles. The molecule has 0 aliphatic heterocycles. The van der Waals surface area contributed by atoms with Crippen LogP contribution in [0.4, 0.5) is 0 Å². The van der Waals surface area contributed by atoms with Crippen molar-refractivity contribution in [2.75, 3.05) is 6.54 Å². The van der Waals surface area contributed by atoms with Crippen LogP contribution in [0.1, 0.15) is 33.1 Å². The lowest BCUT2D eigenvalue weighted by atomic mass is 10.4. The zero-order chi connectivity index (χ0) is 12.3. The number of hydrogen-bond acceptors (Lipinski definition) is 3. The minimum atomic E-state index is -3.53. The molecule has 7 heteroatoms. The lowest BCUT2D eigenvalue weighted by molar-refractivity contribution is -0.137. The number of carboxylic acids is 1. The normalized spacial score (nSPS) is 17.0. The summed E-state index contributed by atoms with van der Waals surface area (Å²) in [7, 11) is -3.53. The largest absolute Gasteiger partial charge is 0.481 e. The summed E-state index contributed by atoms with van der Waals surface area (Å²) in [5.41, 5.74) is 0. The average Bonchev–Trinajstić information content (AvgIpc) is 2.84. The van der Waals surface area contributed by atoms with Crippen molar-refractivity contribution in [3.8, 4) is 0 Å². The fourth-order valence-electron chi connectivity index (χ4n) is 1.43. The van der Waals surface area contributed by atoms with Crippen molar-refractivity contribution in [2.45, 2.75) is 45.2 Å². The van der Waals surface area contributed by atoms with Crippen molar-refractivity contribution in [1.29, 1.82) is 0 Å². The zero-order valence-corrected chi connectivity index (χ0v) is 10.3. The number of nitrogens with zero attached hydrogens (tertiary/aromatic N) is 1. The zero-order valence-electron chi connectivity index (χ0n) is 9.51. The van der Waals surface area contributed by atoms with Gasteiger partial charge in [-0.15, -0.1) is 0 Å². The molecule has 0 atom stereocenters. The van der Waals surface area contributed by atoms with Crippen LogP contribution in [-0.4, -0.2) is 42.4 Å². The summed E-state index contributed by atoms with van der Waals surface area (Å²) in [6, 6.07) is -0.202. The number of hydrogen-bond donors (Lipinski definition) is 2. The molecule has 0 radical (unpaired) electrons. The van der Waals surface area contributed by atoms with Gasteiger partial charge in [0.15, 0.2) is 0 Å². The summed E-state index contributed by atoms with van der Waals surface area (Å²) in [4.78, 5) is 10.5. The van der Waals surface area contributed by atoms with Crippen molar-refractivity contribution in [3.63, 3.8) is 0 Å². The van der Waals surface area contributed by atoms with E-state index < -0.39 is 16.2 Å². The highest BCUT2D eigenvalue weighted by molar-refractivity contribution is 7.87. The summed E-state index contributed by atoms with van der Waals surface area (Å²) in [5.74, 6) is -0.981. The highest BCUT2D eigenvalue weighted by Crippen LogP contribution is 2.28. The van der Waals surface area contributed by atoms with Gasteiger partial charge in [0, 0.05) is 18.6 Å². The van der Waals surface area contributed by atoms with Crippen LogP contribution < -0.4 is 4.72 Å². The minimum Gasteiger partial charge on any atom is -0.481 e. The van der Waals surface area contributed by atoms with Gasteiger partial charge in [0.05, 0.1) is 6.42 Å². The molecule has 1 aliphatic rings. The Morgan fingerprint density at radius 2 is 2.06 bits per heavy atom. The lowest BCUT2D eigenvalue weighted by Gasteiger charge is -2.22. The first-order valence-corrected chi connectivity index (χ1v) is 6.78. The van der Waals surface area contributed by atoms with Crippen molar-refractivity contribution in [1.82, 2.24) is 9.03 Å². The molecular weight excluding hydrogens is 232 g/mol. The fourth-order valence-corrected chi connectivity index (χ4v) is 3.10. The second-order valence-corrected chi connectivity index (χ2v) is 5.92. The highest BCUT2D eigenvalue weighted by atomic mass is 32.2. The van der Waals surface area contributed by atoms with Gasteiger partial charge in [-0.05, 0) is 26.7 Å².